The van der Waals surface area contributed by atoms with Crippen molar-refractivity contribution in [3.05, 3.63) is 144 Å². The number of halogens is 6. The van der Waals surface area contributed by atoms with E-state index in [4.69, 9.17) is 9.53 Å². The van der Waals surface area contributed by atoms with E-state index in [9.17, 15) is 26.3 Å². The number of aliphatic hydroxyl groups is 1. The first-order valence-electron chi connectivity index (χ1n) is 14.9. The molecule has 0 atom stereocenters. The molecule has 1 N–H and O–H groups in total. The van der Waals surface area contributed by atoms with Crippen molar-refractivity contribution in [2.24, 2.45) is 0 Å². The predicted octanol–water partition coefficient (Wildman–Crippen LogP) is 10.0. The van der Waals surface area contributed by atoms with Gasteiger partial charge in [-0.3, -0.25) is 0 Å². The first-order chi connectivity index (χ1) is 21.8. The van der Waals surface area contributed by atoms with Crippen LogP contribution in [0.3, 0.4) is 0 Å². The van der Waals surface area contributed by atoms with Gasteiger partial charge in [-0.1, -0.05) is 130 Å². The Morgan fingerprint density at radius 1 is 0.638 bits per heavy atom. The van der Waals surface area contributed by atoms with Crippen molar-refractivity contribution >= 4 is 29.8 Å². The SMILES string of the molecule is C=C(C)c1ccc(CO)cc1C(F)(F)F.C=C(C)c1ccc(CO[Si](c2ccccc2)(c2ccccc2)C(C)(C)C)cc1C(F)(F)F. The van der Waals surface area contributed by atoms with Crippen LogP contribution in [0.25, 0.3) is 11.1 Å². The van der Waals surface area contributed by atoms with Crippen LogP contribution in [0.15, 0.2) is 110 Å². The van der Waals surface area contributed by atoms with Crippen LogP contribution in [0, 0.1) is 0 Å². The maximum Gasteiger partial charge on any atom is 0.417 e. The van der Waals surface area contributed by atoms with E-state index in [0.29, 0.717) is 16.7 Å². The van der Waals surface area contributed by atoms with Gasteiger partial charge in [0.2, 0.25) is 0 Å². The number of hydrogen-bond acceptors (Lipinski definition) is 2. The molecular formula is C38H40F6O2Si. The summed E-state index contributed by atoms with van der Waals surface area (Å²) in [7, 11) is -2.83. The van der Waals surface area contributed by atoms with Crippen LogP contribution in [-0.2, 0) is 30.0 Å². The highest BCUT2D eigenvalue weighted by Gasteiger charge is 2.50. The molecule has 4 rings (SSSR count). The molecule has 0 heterocycles. The van der Waals surface area contributed by atoms with Gasteiger partial charge in [-0.05, 0) is 63.6 Å². The summed E-state index contributed by atoms with van der Waals surface area (Å²) >= 11 is 0. The normalized spacial score (nSPS) is 12.3. The molecule has 250 valence electrons. The Balaban J connectivity index is 0.000000335. The number of rotatable bonds is 8. The van der Waals surface area contributed by atoms with E-state index in [-0.39, 0.29) is 28.3 Å². The molecule has 0 aliphatic carbocycles. The van der Waals surface area contributed by atoms with Crippen molar-refractivity contribution in [2.75, 3.05) is 0 Å². The zero-order chi connectivity index (χ0) is 35.2. The summed E-state index contributed by atoms with van der Waals surface area (Å²) in [4.78, 5) is 0. The summed E-state index contributed by atoms with van der Waals surface area (Å²) in [6.45, 7) is 16.4. The van der Waals surface area contributed by atoms with Crippen LogP contribution >= 0.6 is 0 Å². The second kappa shape index (κ2) is 14.9. The third-order valence-corrected chi connectivity index (χ3v) is 12.7. The van der Waals surface area contributed by atoms with Crippen molar-refractivity contribution in [1.82, 2.24) is 0 Å². The van der Waals surface area contributed by atoms with Gasteiger partial charge in [0.1, 0.15) is 0 Å². The van der Waals surface area contributed by atoms with Crippen LogP contribution in [0.1, 0.15) is 68.0 Å². The van der Waals surface area contributed by atoms with Gasteiger partial charge < -0.3 is 9.53 Å². The topological polar surface area (TPSA) is 29.5 Å². The highest BCUT2D eigenvalue weighted by Crippen LogP contribution is 2.39. The molecule has 0 aliphatic heterocycles. The highest BCUT2D eigenvalue weighted by atomic mass is 28.4. The van der Waals surface area contributed by atoms with Crippen molar-refractivity contribution in [1.29, 1.82) is 0 Å². The van der Waals surface area contributed by atoms with E-state index >= 15 is 0 Å². The van der Waals surface area contributed by atoms with Crippen LogP contribution < -0.4 is 10.4 Å². The Morgan fingerprint density at radius 2 is 1.02 bits per heavy atom. The Hall–Kier alpha value is -3.92. The van der Waals surface area contributed by atoms with Crippen LogP contribution in [0.2, 0.25) is 5.04 Å². The average molecular weight is 671 g/mol. The molecule has 0 unspecified atom stereocenters. The number of benzene rings is 4. The third-order valence-electron chi connectivity index (χ3n) is 7.75. The lowest BCUT2D eigenvalue weighted by molar-refractivity contribution is -0.138. The van der Waals surface area contributed by atoms with Gasteiger partial charge in [0.05, 0.1) is 24.3 Å². The zero-order valence-electron chi connectivity index (χ0n) is 27.2. The Bertz CT molecular complexity index is 1630. The quantitative estimate of drug-likeness (QED) is 0.149. The molecule has 47 heavy (non-hydrogen) atoms. The third kappa shape index (κ3) is 8.91. The number of hydrogen-bond donors (Lipinski definition) is 1. The van der Waals surface area contributed by atoms with E-state index in [0.717, 1.165) is 16.4 Å². The van der Waals surface area contributed by atoms with Gasteiger partial charge in [-0.25, -0.2) is 0 Å². The minimum absolute atomic E-state index is 0.0692. The molecule has 0 bridgehead atoms. The molecule has 0 amide bonds. The lowest BCUT2D eigenvalue weighted by atomic mass is 9.99. The van der Waals surface area contributed by atoms with Crippen LogP contribution in [-0.4, -0.2) is 13.4 Å². The van der Waals surface area contributed by atoms with E-state index in [1.807, 2.05) is 36.4 Å². The minimum atomic E-state index is -4.46. The summed E-state index contributed by atoms with van der Waals surface area (Å²) in [6, 6.07) is 28.3. The fraction of sp³-hybridized carbons (Fsp3) is 0.263. The second-order valence-corrected chi connectivity index (χ2v) is 16.7. The van der Waals surface area contributed by atoms with Gasteiger partial charge in [-0.2, -0.15) is 26.3 Å². The Morgan fingerprint density at radius 3 is 1.36 bits per heavy atom. The molecule has 0 spiro atoms. The zero-order valence-corrected chi connectivity index (χ0v) is 28.2. The van der Waals surface area contributed by atoms with E-state index < -0.39 is 38.4 Å². The summed E-state index contributed by atoms with van der Waals surface area (Å²) in [5.41, 5.74) is 0.243. The lowest BCUT2D eigenvalue weighted by Gasteiger charge is -2.43. The standard InChI is InChI=1S/C27H29F3OSi.C11H11F3O/c1-20(2)24-17-16-21(18-25(24)27(28,29)30)19-31-32(26(3,4)5,22-12-8-6-9-13-22)23-14-10-7-11-15-23;1-7(2)9-4-3-8(6-15)5-10(9)11(12,13)14/h6-18H,1,19H2,2-5H3;3-5,15H,1,6H2,2H3. The largest absolute Gasteiger partial charge is 0.417 e. The van der Waals surface area contributed by atoms with Crippen molar-refractivity contribution in [2.45, 2.75) is 65.2 Å². The lowest BCUT2D eigenvalue weighted by Crippen LogP contribution is -2.66. The molecule has 4 aromatic rings. The summed E-state index contributed by atoms with van der Waals surface area (Å²) < 4.78 is 85.7. The molecule has 0 saturated carbocycles. The fourth-order valence-electron chi connectivity index (χ4n) is 5.54. The highest BCUT2D eigenvalue weighted by molar-refractivity contribution is 6.99. The van der Waals surface area contributed by atoms with E-state index in [1.165, 1.54) is 31.2 Å². The number of aliphatic hydroxyl groups excluding tert-OH is 1. The molecule has 9 heteroatoms. The number of alkyl halides is 6. The second-order valence-electron chi connectivity index (χ2n) is 12.4. The van der Waals surface area contributed by atoms with Crippen molar-refractivity contribution in [3.8, 4) is 0 Å². The molecule has 0 aromatic heterocycles. The summed E-state index contributed by atoms with van der Waals surface area (Å²) in [5, 5.41) is 10.7. The Kier molecular flexibility index (Phi) is 11.9. The molecule has 0 radical (unpaired) electrons. The summed E-state index contributed by atoms with van der Waals surface area (Å²) in [5.74, 6) is 0. The number of allylic oxidation sites excluding steroid dienone is 2. The van der Waals surface area contributed by atoms with Gasteiger partial charge in [0.25, 0.3) is 8.32 Å². The smallest absolute Gasteiger partial charge is 0.403 e. The van der Waals surface area contributed by atoms with E-state index in [1.54, 1.807) is 13.0 Å². The molecule has 0 fully saturated rings. The molecule has 2 nitrogen and oxygen atoms in total. The molecule has 0 saturated heterocycles. The average Bonchev–Trinajstić information content (AvgIpc) is 3.00. The monoisotopic (exact) mass is 670 g/mol. The summed E-state index contributed by atoms with van der Waals surface area (Å²) in [6.07, 6.45) is -8.87. The minimum Gasteiger partial charge on any atom is -0.403 e. The first kappa shape index (κ1) is 37.5. The van der Waals surface area contributed by atoms with Crippen LogP contribution in [0.4, 0.5) is 26.3 Å². The van der Waals surface area contributed by atoms with Crippen LogP contribution in [0.5, 0.6) is 0 Å². The van der Waals surface area contributed by atoms with E-state index in [2.05, 4.69) is 58.2 Å². The molecule has 0 aliphatic rings. The van der Waals surface area contributed by atoms with Gasteiger partial charge in [0, 0.05) is 0 Å². The van der Waals surface area contributed by atoms with Crippen molar-refractivity contribution in [3.63, 3.8) is 0 Å². The molecule has 4 aromatic carbocycles. The van der Waals surface area contributed by atoms with Gasteiger partial charge in [0.15, 0.2) is 0 Å². The molecular weight excluding hydrogens is 630 g/mol. The van der Waals surface area contributed by atoms with Gasteiger partial charge >= 0.3 is 12.4 Å². The van der Waals surface area contributed by atoms with Crippen molar-refractivity contribution < 1.29 is 35.9 Å². The van der Waals surface area contributed by atoms with Gasteiger partial charge in [-0.15, -0.1) is 0 Å². The maximum atomic E-state index is 13.7. The first-order valence-corrected chi connectivity index (χ1v) is 16.8. The maximum absolute atomic E-state index is 13.7. The fourth-order valence-corrected chi connectivity index (χ4v) is 10.1. The predicted molar refractivity (Wildman–Crippen MR) is 181 cm³/mol. The Labute approximate surface area is 274 Å².